The second-order valence-corrected chi connectivity index (χ2v) is 9.44. The molecule has 7 heteroatoms. The summed E-state index contributed by atoms with van der Waals surface area (Å²) < 4.78 is 10.9. The van der Waals surface area contributed by atoms with Crippen LogP contribution in [0.4, 0.5) is 0 Å². The molecule has 0 N–H and O–H groups in total. The lowest BCUT2D eigenvalue weighted by molar-refractivity contribution is -0.150. The van der Waals surface area contributed by atoms with Gasteiger partial charge in [0.2, 0.25) is 0 Å². The molecule has 0 bridgehead atoms. The van der Waals surface area contributed by atoms with Gasteiger partial charge in [-0.15, -0.1) is 23.5 Å². The highest BCUT2D eigenvalue weighted by Gasteiger charge is 2.30. The van der Waals surface area contributed by atoms with Crippen LogP contribution in [0.3, 0.4) is 0 Å². The third-order valence-corrected chi connectivity index (χ3v) is 6.27. The maximum absolute atomic E-state index is 12.0. The number of thiophene rings is 1. The average Bonchev–Trinajstić information content (AvgIpc) is 3.39. The maximum atomic E-state index is 12.0. The van der Waals surface area contributed by atoms with E-state index in [2.05, 4.69) is 24.3 Å². The van der Waals surface area contributed by atoms with Crippen LogP contribution < -0.4 is 0 Å². The Morgan fingerprint density at radius 3 is 1.61 bits per heavy atom. The third-order valence-electron chi connectivity index (χ3n) is 2.93. The molecule has 2 aliphatic rings. The minimum atomic E-state index is -0.590. The van der Waals surface area contributed by atoms with E-state index in [1.807, 2.05) is 22.9 Å². The molecule has 4 nitrogen and oxygen atoms in total. The number of hydrogen-bond donors (Lipinski definition) is 0. The Kier molecular flexibility index (Phi) is 12.8. The molecule has 2 heterocycles. The van der Waals surface area contributed by atoms with Crippen LogP contribution in [-0.2, 0) is 19.1 Å². The van der Waals surface area contributed by atoms with E-state index in [1.54, 1.807) is 39.0 Å². The van der Waals surface area contributed by atoms with Gasteiger partial charge in [0.25, 0.3) is 0 Å². The molecule has 0 aromatic carbocycles. The van der Waals surface area contributed by atoms with Crippen molar-refractivity contribution in [2.45, 2.75) is 46.3 Å². The number of carbonyl (C=O) groups is 2. The van der Waals surface area contributed by atoms with E-state index in [9.17, 15) is 9.59 Å². The average molecular weight is 441 g/mol. The van der Waals surface area contributed by atoms with Crippen molar-refractivity contribution in [3.63, 3.8) is 0 Å². The summed E-state index contributed by atoms with van der Waals surface area (Å²) in [6, 6.07) is 4.04. The Morgan fingerprint density at radius 1 is 0.857 bits per heavy atom. The lowest BCUT2D eigenvalue weighted by Crippen LogP contribution is -2.23. The normalized spacial score (nSPS) is 14.3. The fraction of sp³-hybridized carbons (Fsp3) is 0.429. The van der Waals surface area contributed by atoms with Gasteiger partial charge in [-0.05, 0) is 44.9 Å². The van der Waals surface area contributed by atoms with Crippen LogP contribution in [0.1, 0.15) is 34.1 Å². The highest BCUT2D eigenvalue weighted by atomic mass is 32.2. The summed E-state index contributed by atoms with van der Waals surface area (Å²) in [6.07, 6.45) is 8.99. The van der Waals surface area contributed by atoms with Crippen molar-refractivity contribution >= 4 is 46.8 Å². The molecule has 1 aromatic heterocycles. The monoisotopic (exact) mass is 440 g/mol. The molecule has 1 aliphatic carbocycles. The van der Waals surface area contributed by atoms with Crippen molar-refractivity contribution in [3.05, 3.63) is 57.0 Å². The third kappa shape index (κ3) is 10.8. The van der Waals surface area contributed by atoms with Crippen molar-refractivity contribution < 1.29 is 19.1 Å². The highest BCUT2D eigenvalue weighted by molar-refractivity contribution is 8.25. The van der Waals surface area contributed by atoms with E-state index < -0.39 is 11.9 Å². The van der Waals surface area contributed by atoms with E-state index >= 15 is 0 Å². The van der Waals surface area contributed by atoms with Gasteiger partial charge in [-0.3, -0.25) is 0 Å². The first-order chi connectivity index (χ1) is 13.4. The molecule has 0 spiro atoms. The second kappa shape index (κ2) is 14.5. The van der Waals surface area contributed by atoms with Gasteiger partial charge in [0, 0.05) is 11.5 Å². The molecule has 28 heavy (non-hydrogen) atoms. The number of hydrogen-bond acceptors (Lipinski definition) is 7. The van der Waals surface area contributed by atoms with Crippen LogP contribution >= 0.6 is 34.9 Å². The quantitative estimate of drug-likeness (QED) is 0.254. The van der Waals surface area contributed by atoms with Crippen molar-refractivity contribution in [1.29, 1.82) is 0 Å². The largest absolute Gasteiger partial charge is 0.459 e. The summed E-state index contributed by atoms with van der Waals surface area (Å²) in [6.45, 7) is 7.01. The first-order valence-corrected chi connectivity index (χ1v) is 12.0. The van der Waals surface area contributed by atoms with Crippen LogP contribution in [0.25, 0.3) is 0 Å². The Morgan fingerprint density at radius 2 is 1.32 bits per heavy atom. The van der Waals surface area contributed by atoms with Gasteiger partial charge in [0.05, 0.1) is 16.4 Å². The fourth-order valence-corrected chi connectivity index (χ4v) is 4.82. The van der Waals surface area contributed by atoms with Crippen molar-refractivity contribution in [3.8, 4) is 0 Å². The smallest absolute Gasteiger partial charge is 0.347 e. The van der Waals surface area contributed by atoms with Gasteiger partial charge in [-0.2, -0.15) is 11.3 Å². The van der Waals surface area contributed by atoms with E-state index in [0.717, 1.165) is 17.9 Å². The SMILES string of the molecule is C1=CCC=C1.CC(C)OC(=O)C(C(=O)OC(C)C)=C1SCCS1.c1ccsc1. The number of thioether (sulfide) groups is 2. The van der Waals surface area contributed by atoms with Crippen LogP contribution in [0.15, 0.2) is 57.0 Å². The summed E-state index contributed by atoms with van der Waals surface area (Å²) in [4.78, 5) is 23.9. The molecule has 0 unspecified atom stereocenters. The summed E-state index contributed by atoms with van der Waals surface area (Å²) in [5.41, 5.74) is 0.0462. The fourth-order valence-electron chi connectivity index (χ4n) is 1.87. The number of esters is 2. The number of carbonyl (C=O) groups excluding carboxylic acids is 2. The lowest BCUT2D eigenvalue weighted by Gasteiger charge is -2.13. The van der Waals surface area contributed by atoms with Crippen LogP contribution in [0.2, 0.25) is 0 Å². The van der Waals surface area contributed by atoms with Crippen molar-refractivity contribution in [1.82, 2.24) is 0 Å². The van der Waals surface area contributed by atoms with Gasteiger partial charge < -0.3 is 9.47 Å². The molecule has 1 fully saturated rings. The Balaban J connectivity index is 0.000000313. The van der Waals surface area contributed by atoms with E-state index in [4.69, 9.17) is 9.47 Å². The zero-order valence-electron chi connectivity index (χ0n) is 16.8. The number of allylic oxidation sites excluding steroid dienone is 4. The first kappa shape index (κ1) is 24.6. The number of ether oxygens (including phenoxy) is 2. The minimum Gasteiger partial charge on any atom is -0.459 e. The summed E-state index contributed by atoms with van der Waals surface area (Å²) in [5.74, 6) is 0.612. The standard InChI is InChI=1S/C12H18O4S2.C5H6.C4H4S/c1-7(2)15-10(13)9(11(14)16-8(3)4)12-17-5-6-18-12;2*1-2-4-5-3-1/h7-8H,5-6H2,1-4H3;1-4H,5H2;1-4H. The minimum absolute atomic E-state index is 0.0462. The first-order valence-electron chi connectivity index (χ1n) is 9.12. The predicted molar refractivity (Wildman–Crippen MR) is 122 cm³/mol. The summed E-state index contributed by atoms with van der Waals surface area (Å²) >= 11 is 4.72. The van der Waals surface area contributed by atoms with E-state index in [1.165, 1.54) is 23.5 Å². The van der Waals surface area contributed by atoms with Crippen LogP contribution in [0.5, 0.6) is 0 Å². The van der Waals surface area contributed by atoms with Crippen molar-refractivity contribution in [2.24, 2.45) is 0 Å². The predicted octanol–water partition coefficient (Wildman–Crippen LogP) is 5.83. The molecule has 0 atom stereocenters. The molecule has 1 aliphatic heterocycles. The van der Waals surface area contributed by atoms with Crippen molar-refractivity contribution in [2.75, 3.05) is 11.5 Å². The molecule has 1 aromatic rings. The summed E-state index contributed by atoms with van der Waals surface area (Å²) in [5, 5.41) is 4.08. The molecule has 0 amide bonds. The van der Waals surface area contributed by atoms with Gasteiger partial charge in [0.15, 0.2) is 5.57 Å². The van der Waals surface area contributed by atoms with Crippen LogP contribution in [-0.4, -0.2) is 35.7 Å². The van der Waals surface area contributed by atoms with E-state index in [-0.39, 0.29) is 17.8 Å². The molecular weight excluding hydrogens is 412 g/mol. The topological polar surface area (TPSA) is 52.6 Å². The number of rotatable bonds is 4. The highest BCUT2D eigenvalue weighted by Crippen LogP contribution is 2.39. The van der Waals surface area contributed by atoms with E-state index in [0.29, 0.717) is 4.24 Å². The molecule has 1 saturated heterocycles. The Bertz CT molecular complexity index is 615. The molecular formula is C21H28O4S3. The molecule has 154 valence electrons. The van der Waals surface area contributed by atoms with Gasteiger partial charge >= 0.3 is 11.9 Å². The lowest BCUT2D eigenvalue weighted by atomic mass is 10.3. The Labute approximate surface area is 180 Å². The van der Waals surface area contributed by atoms with Crippen LogP contribution in [0, 0.1) is 0 Å². The van der Waals surface area contributed by atoms with Gasteiger partial charge in [-0.25, -0.2) is 9.59 Å². The summed E-state index contributed by atoms with van der Waals surface area (Å²) in [7, 11) is 0. The second-order valence-electron chi connectivity index (χ2n) is 6.15. The van der Waals surface area contributed by atoms with Gasteiger partial charge in [-0.1, -0.05) is 36.4 Å². The maximum Gasteiger partial charge on any atom is 0.347 e. The molecule has 0 saturated carbocycles. The molecule has 3 rings (SSSR count). The Hall–Kier alpha value is -1.44. The zero-order valence-corrected chi connectivity index (χ0v) is 19.2. The van der Waals surface area contributed by atoms with Gasteiger partial charge in [0.1, 0.15) is 0 Å². The zero-order chi connectivity index (χ0) is 20.8. The molecule has 0 radical (unpaired) electrons.